The molecule has 0 aromatic carbocycles. The minimum Gasteiger partial charge on any atom is -0.459 e. The Bertz CT molecular complexity index is 856. The van der Waals surface area contributed by atoms with E-state index < -0.39 is 17.8 Å². The number of carbonyl (C=O) groups excluding carboxylic acids is 2. The van der Waals surface area contributed by atoms with Crippen molar-refractivity contribution in [1.82, 2.24) is 0 Å². The van der Waals surface area contributed by atoms with Crippen LogP contribution in [0.5, 0.6) is 0 Å². The van der Waals surface area contributed by atoms with Crippen LogP contribution >= 0.6 is 0 Å². The van der Waals surface area contributed by atoms with Gasteiger partial charge in [-0.1, -0.05) is 37.6 Å². The Hall–Kier alpha value is -1.80. The summed E-state index contributed by atoms with van der Waals surface area (Å²) in [6.45, 7) is 12.1. The first-order valence-corrected chi connectivity index (χ1v) is 13.4. The van der Waals surface area contributed by atoms with Crippen molar-refractivity contribution in [3.8, 4) is 0 Å². The molecular weight excluding hydrogens is 460 g/mol. The van der Waals surface area contributed by atoms with Crippen LogP contribution in [0.2, 0.25) is 0 Å². The summed E-state index contributed by atoms with van der Waals surface area (Å²) in [5, 5.41) is 10.7. The average Bonchev–Trinajstić information content (AvgIpc) is 3.59. The highest BCUT2D eigenvalue weighted by molar-refractivity contribution is 5.89. The van der Waals surface area contributed by atoms with Crippen LogP contribution in [0.25, 0.3) is 0 Å². The maximum absolute atomic E-state index is 12.4. The van der Waals surface area contributed by atoms with Gasteiger partial charge in [-0.2, -0.15) is 0 Å². The van der Waals surface area contributed by atoms with Crippen LogP contribution in [0, 0.1) is 11.8 Å². The van der Waals surface area contributed by atoms with Crippen molar-refractivity contribution in [2.45, 2.75) is 116 Å². The summed E-state index contributed by atoms with van der Waals surface area (Å²) in [4.78, 5) is 23.4. The highest BCUT2D eigenvalue weighted by Crippen LogP contribution is 2.43. The third-order valence-electron chi connectivity index (χ3n) is 7.70. The third kappa shape index (κ3) is 7.85. The van der Waals surface area contributed by atoms with Gasteiger partial charge in [0.05, 0.1) is 24.9 Å². The lowest BCUT2D eigenvalue weighted by Crippen LogP contribution is -2.49. The second kappa shape index (κ2) is 12.6. The second-order valence-electron chi connectivity index (χ2n) is 10.9. The Morgan fingerprint density at radius 3 is 2.56 bits per heavy atom. The molecule has 1 N–H and O–H groups in total. The minimum absolute atomic E-state index is 0.00909. The van der Waals surface area contributed by atoms with Gasteiger partial charge in [0, 0.05) is 19.8 Å². The predicted octanol–water partition coefficient (Wildman–Crippen LogP) is 4.47. The highest BCUT2D eigenvalue weighted by Gasteiger charge is 2.57. The molecule has 9 atom stereocenters. The number of rotatable bonds is 10. The summed E-state index contributed by atoms with van der Waals surface area (Å²) in [5.74, 6) is 0.157. The van der Waals surface area contributed by atoms with Crippen molar-refractivity contribution in [2.75, 3.05) is 6.61 Å². The molecule has 0 aromatic rings. The van der Waals surface area contributed by atoms with Crippen LogP contribution in [0.3, 0.4) is 0 Å². The van der Waals surface area contributed by atoms with Crippen molar-refractivity contribution >= 4 is 11.8 Å². The molecule has 3 aliphatic heterocycles. The smallest absolute Gasteiger partial charge is 0.303 e. The Morgan fingerprint density at radius 2 is 1.92 bits per heavy atom. The van der Waals surface area contributed by atoms with Gasteiger partial charge in [-0.05, 0) is 64.0 Å². The molecule has 0 amide bonds. The lowest BCUT2D eigenvalue weighted by molar-refractivity contribution is -0.143. The minimum atomic E-state index is -0.633. The number of hydrogen-bond donors (Lipinski definition) is 1. The fraction of sp³-hybridized carbons (Fsp3) is 0.724. The van der Waals surface area contributed by atoms with E-state index in [1.54, 1.807) is 13.0 Å². The normalized spacial score (nSPS) is 38.0. The van der Waals surface area contributed by atoms with Gasteiger partial charge in [-0.3, -0.25) is 9.59 Å². The molecule has 0 radical (unpaired) electrons. The topological polar surface area (TPSA) is 94.6 Å². The third-order valence-corrected chi connectivity index (χ3v) is 7.70. The van der Waals surface area contributed by atoms with Crippen molar-refractivity contribution in [2.24, 2.45) is 11.8 Å². The molecule has 3 rings (SSSR count). The lowest BCUT2D eigenvalue weighted by atomic mass is 9.81. The molecule has 0 saturated carbocycles. The zero-order valence-corrected chi connectivity index (χ0v) is 22.6. The maximum Gasteiger partial charge on any atom is 0.303 e. The van der Waals surface area contributed by atoms with Crippen molar-refractivity contribution in [3.63, 3.8) is 0 Å². The van der Waals surface area contributed by atoms with Crippen LogP contribution in [0.1, 0.15) is 73.6 Å². The van der Waals surface area contributed by atoms with Crippen LogP contribution < -0.4 is 0 Å². The van der Waals surface area contributed by atoms with Gasteiger partial charge in [0.1, 0.15) is 23.9 Å². The standard InChI is InChI=1S/C29H44O7/c1-7-25-16-29(17-33-29)28(32)27(36-25)13-9-18(2)8-12-26-19(3)14-23(21(5)35-26)15-24(31)11-10-20(4)34-22(6)30/h8-11,13,19-21,23,25-28,32H,7,12,14-17H2,1-6H3/b11-10-,13-9+,18-8+/t19-,20-,21+,23-,25+,26-,27?,28-,29-/m0/s1. The predicted molar refractivity (Wildman–Crippen MR) is 137 cm³/mol. The summed E-state index contributed by atoms with van der Waals surface area (Å²) in [7, 11) is 0. The van der Waals surface area contributed by atoms with Gasteiger partial charge in [0.25, 0.3) is 0 Å². The summed E-state index contributed by atoms with van der Waals surface area (Å²) >= 11 is 0. The van der Waals surface area contributed by atoms with Crippen LogP contribution in [-0.2, 0) is 28.5 Å². The number of epoxide rings is 1. The molecule has 36 heavy (non-hydrogen) atoms. The van der Waals surface area contributed by atoms with Crippen molar-refractivity contribution in [1.29, 1.82) is 0 Å². The van der Waals surface area contributed by atoms with Gasteiger partial charge < -0.3 is 24.1 Å². The molecule has 3 fully saturated rings. The number of aliphatic hydroxyl groups excluding tert-OH is 1. The molecular formula is C29H44O7. The number of ketones is 1. The molecule has 3 aliphatic rings. The average molecular weight is 505 g/mol. The van der Waals surface area contributed by atoms with Gasteiger partial charge in [-0.25, -0.2) is 0 Å². The van der Waals surface area contributed by atoms with E-state index >= 15 is 0 Å². The highest BCUT2D eigenvalue weighted by atomic mass is 16.6. The zero-order valence-electron chi connectivity index (χ0n) is 22.6. The molecule has 3 saturated heterocycles. The van der Waals surface area contributed by atoms with E-state index in [1.165, 1.54) is 13.0 Å². The number of ether oxygens (including phenoxy) is 4. The van der Waals surface area contributed by atoms with Gasteiger partial charge in [0.15, 0.2) is 5.78 Å². The fourth-order valence-corrected chi connectivity index (χ4v) is 5.29. The van der Waals surface area contributed by atoms with Crippen LogP contribution in [-0.4, -0.2) is 65.7 Å². The first-order valence-electron chi connectivity index (χ1n) is 13.4. The van der Waals surface area contributed by atoms with E-state index in [-0.39, 0.29) is 42.1 Å². The Labute approximate surface area is 215 Å². The summed E-state index contributed by atoms with van der Waals surface area (Å²) in [5.41, 5.74) is 0.685. The number of allylic oxidation sites excluding steroid dienone is 3. The van der Waals surface area contributed by atoms with Crippen LogP contribution in [0.4, 0.5) is 0 Å². The van der Waals surface area contributed by atoms with E-state index in [4.69, 9.17) is 18.9 Å². The van der Waals surface area contributed by atoms with E-state index in [1.807, 2.05) is 26.0 Å². The Kier molecular flexibility index (Phi) is 10.1. The monoisotopic (exact) mass is 504 g/mol. The van der Waals surface area contributed by atoms with Gasteiger partial charge in [0.2, 0.25) is 0 Å². The van der Waals surface area contributed by atoms with E-state index in [9.17, 15) is 14.7 Å². The van der Waals surface area contributed by atoms with E-state index in [0.717, 1.165) is 31.3 Å². The van der Waals surface area contributed by atoms with Gasteiger partial charge >= 0.3 is 5.97 Å². The second-order valence-corrected chi connectivity index (χ2v) is 10.9. The quantitative estimate of drug-likeness (QED) is 0.203. The fourth-order valence-electron chi connectivity index (χ4n) is 5.29. The first kappa shape index (κ1) is 28.8. The first-order chi connectivity index (χ1) is 17.0. The number of aliphatic hydroxyl groups is 1. The zero-order chi connectivity index (χ0) is 26.5. The number of esters is 1. The van der Waals surface area contributed by atoms with Gasteiger partial charge in [-0.15, -0.1) is 0 Å². The molecule has 0 aliphatic carbocycles. The molecule has 0 bridgehead atoms. The van der Waals surface area contributed by atoms with E-state index in [2.05, 4.69) is 19.9 Å². The summed E-state index contributed by atoms with van der Waals surface area (Å²) in [6, 6.07) is 0. The van der Waals surface area contributed by atoms with Crippen molar-refractivity contribution in [3.05, 3.63) is 36.0 Å². The van der Waals surface area contributed by atoms with Crippen molar-refractivity contribution < 1.29 is 33.6 Å². The maximum atomic E-state index is 12.4. The van der Waals surface area contributed by atoms with E-state index in [0.29, 0.717) is 18.9 Å². The lowest BCUT2D eigenvalue weighted by Gasteiger charge is -2.38. The van der Waals surface area contributed by atoms with Crippen LogP contribution in [0.15, 0.2) is 36.0 Å². The summed E-state index contributed by atoms with van der Waals surface area (Å²) in [6.07, 6.45) is 11.9. The Morgan fingerprint density at radius 1 is 1.19 bits per heavy atom. The summed E-state index contributed by atoms with van der Waals surface area (Å²) < 4.78 is 23.0. The largest absolute Gasteiger partial charge is 0.459 e. The molecule has 3 heterocycles. The molecule has 0 aromatic heterocycles. The molecule has 1 spiro atoms. The molecule has 1 unspecified atom stereocenters. The molecule has 202 valence electrons. The molecule has 7 nitrogen and oxygen atoms in total. The molecule has 7 heteroatoms. The number of carbonyl (C=O) groups is 2. The SMILES string of the molecule is CC[C@@H]1C[C@]2(CO2)[C@@H](O)C(/C=C/C(C)=C/C[C@@H]2O[C@H](C)[C@H](CC(=O)/C=C\[C@H](C)OC(C)=O)C[C@@H]2C)O1. The number of hydrogen-bond acceptors (Lipinski definition) is 7. The Balaban J connectivity index is 1.48.